The molecule has 1 aromatic rings. The van der Waals surface area contributed by atoms with E-state index >= 15 is 0 Å². The Kier molecular flexibility index (Phi) is 4.49. The zero-order valence-electron chi connectivity index (χ0n) is 12.7. The second-order valence-corrected chi connectivity index (χ2v) is 7.20. The van der Waals surface area contributed by atoms with Crippen molar-refractivity contribution in [1.29, 1.82) is 0 Å². The van der Waals surface area contributed by atoms with Crippen LogP contribution in [-0.2, 0) is 11.2 Å². The maximum absolute atomic E-state index is 11.9. The molecular formula is C16H22ClNO3. The SMILES string of the molecule is CC(C)(C)OC(=O)Nc1ccc(Cl)cc1CC1(CO)CC1. The molecule has 2 N–H and O–H groups in total. The molecule has 1 aliphatic rings. The number of rotatable bonds is 4. The van der Waals surface area contributed by atoms with E-state index in [-0.39, 0.29) is 12.0 Å². The number of aliphatic hydroxyl groups is 1. The van der Waals surface area contributed by atoms with E-state index in [1.807, 2.05) is 26.8 Å². The minimum Gasteiger partial charge on any atom is -0.444 e. The molecule has 1 saturated carbocycles. The Balaban J connectivity index is 2.13. The monoisotopic (exact) mass is 311 g/mol. The molecule has 2 rings (SSSR count). The summed E-state index contributed by atoms with van der Waals surface area (Å²) in [6.45, 7) is 5.62. The number of ether oxygens (including phenoxy) is 1. The number of nitrogens with one attached hydrogen (secondary N) is 1. The summed E-state index contributed by atoms with van der Waals surface area (Å²) in [5, 5.41) is 12.9. The second kappa shape index (κ2) is 5.85. The molecule has 4 nitrogen and oxygen atoms in total. The quantitative estimate of drug-likeness (QED) is 0.883. The Bertz CT molecular complexity index is 533. The van der Waals surface area contributed by atoms with E-state index in [4.69, 9.17) is 16.3 Å². The molecule has 1 aliphatic carbocycles. The minimum atomic E-state index is -0.542. The third kappa shape index (κ3) is 4.61. The molecule has 0 heterocycles. The lowest BCUT2D eigenvalue weighted by Crippen LogP contribution is -2.27. The summed E-state index contributed by atoms with van der Waals surface area (Å²) in [6, 6.07) is 5.34. The number of aliphatic hydroxyl groups excluding tert-OH is 1. The highest BCUT2D eigenvalue weighted by Crippen LogP contribution is 2.48. The van der Waals surface area contributed by atoms with E-state index in [1.165, 1.54) is 0 Å². The molecular weight excluding hydrogens is 290 g/mol. The predicted octanol–water partition coefficient (Wildman–Crippen LogP) is 4.00. The number of hydrogen-bond donors (Lipinski definition) is 2. The van der Waals surface area contributed by atoms with Crippen molar-refractivity contribution in [3.8, 4) is 0 Å². The van der Waals surface area contributed by atoms with Crippen molar-refractivity contribution >= 4 is 23.4 Å². The Morgan fingerprint density at radius 3 is 2.62 bits per heavy atom. The maximum atomic E-state index is 11.9. The lowest BCUT2D eigenvalue weighted by molar-refractivity contribution is 0.0635. The van der Waals surface area contributed by atoms with Crippen LogP contribution in [0.4, 0.5) is 10.5 Å². The van der Waals surface area contributed by atoms with Crippen LogP contribution in [0.2, 0.25) is 5.02 Å². The standard InChI is InChI=1S/C16H22ClNO3/c1-15(2,3)21-14(20)18-13-5-4-12(17)8-11(13)9-16(10-19)6-7-16/h4-5,8,19H,6-7,9-10H2,1-3H3,(H,18,20). The Hall–Kier alpha value is -1.26. The molecule has 21 heavy (non-hydrogen) atoms. The van der Waals surface area contributed by atoms with Crippen molar-refractivity contribution in [3.05, 3.63) is 28.8 Å². The van der Waals surface area contributed by atoms with Gasteiger partial charge in [-0.1, -0.05) is 11.6 Å². The van der Waals surface area contributed by atoms with Gasteiger partial charge in [0, 0.05) is 17.3 Å². The van der Waals surface area contributed by atoms with Crippen LogP contribution in [0.15, 0.2) is 18.2 Å². The Labute approximate surface area is 130 Å². The molecule has 0 saturated heterocycles. The summed E-state index contributed by atoms with van der Waals surface area (Å²) in [5.41, 5.74) is 1.03. The van der Waals surface area contributed by atoms with Gasteiger partial charge in [0.05, 0.1) is 0 Å². The van der Waals surface area contributed by atoms with Gasteiger partial charge in [-0.05, 0) is 69.2 Å². The number of carbonyl (C=O) groups is 1. The van der Waals surface area contributed by atoms with Crippen LogP contribution in [0.25, 0.3) is 0 Å². The largest absolute Gasteiger partial charge is 0.444 e. The highest BCUT2D eigenvalue weighted by atomic mass is 35.5. The van der Waals surface area contributed by atoms with Crippen molar-refractivity contribution in [2.45, 2.75) is 45.6 Å². The lowest BCUT2D eigenvalue weighted by Gasteiger charge is -2.21. The molecule has 1 aromatic carbocycles. The van der Waals surface area contributed by atoms with E-state index in [1.54, 1.807) is 12.1 Å². The number of amides is 1. The van der Waals surface area contributed by atoms with E-state index in [2.05, 4.69) is 5.32 Å². The van der Waals surface area contributed by atoms with Gasteiger partial charge >= 0.3 is 6.09 Å². The Morgan fingerprint density at radius 1 is 1.43 bits per heavy atom. The molecule has 0 radical (unpaired) electrons. The van der Waals surface area contributed by atoms with Gasteiger partial charge in [-0.3, -0.25) is 5.32 Å². The van der Waals surface area contributed by atoms with Gasteiger partial charge in [0.1, 0.15) is 5.60 Å². The fraction of sp³-hybridized carbons (Fsp3) is 0.562. The number of anilines is 1. The zero-order chi connectivity index (χ0) is 15.7. The molecule has 0 aliphatic heterocycles. The van der Waals surface area contributed by atoms with E-state index in [0.29, 0.717) is 17.1 Å². The average Bonchev–Trinajstić information content (AvgIpc) is 3.11. The summed E-state index contributed by atoms with van der Waals surface area (Å²) >= 11 is 6.05. The molecule has 5 heteroatoms. The van der Waals surface area contributed by atoms with Crippen LogP contribution in [0, 0.1) is 5.41 Å². The maximum Gasteiger partial charge on any atom is 0.412 e. The van der Waals surface area contributed by atoms with Gasteiger partial charge in [0.25, 0.3) is 0 Å². The highest BCUT2D eigenvalue weighted by Gasteiger charge is 2.42. The molecule has 1 amide bonds. The van der Waals surface area contributed by atoms with Crippen LogP contribution in [0.3, 0.4) is 0 Å². The lowest BCUT2D eigenvalue weighted by atomic mass is 9.96. The average molecular weight is 312 g/mol. The van der Waals surface area contributed by atoms with Crippen LogP contribution < -0.4 is 5.32 Å². The van der Waals surface area contributed by atoms with Crippen molar-refractivity contribution in [1.82, 2.24) is 0 Å². The molecule has 0 spiro atoms. The molecule has 0 unspecified atom stereocenters. The first kappa shape index (κ1) is 16.1. The normalized spacial score (nSPS) is 16.4. The van der Waals surface area contributed by atoms with Gasteiger partial charge in [-0.25, -0.2) is 4.79 Å². The third-order valence-electron chi connectivity index (χ3n) is 3.56. The number of hydrogen-bond acceptors (Lipinski definition) is 3. The van der Waals surface area contributed by atoms with Crippen molar-refractivity contribution in [2.75, 3.05) is 11.9 Å². The van der Waals surface area contributed by atoms with Crippen LogP contribution in [0.5, 0.6) is 0 Å². The number of benzene rings is 1. The number of carbonyl (C=O) groups excluding carboxylic acids is 1. The predicted molar refractivity (Wildman–Crippen MR) is 83.8 cm³/mol. The molecule has 0 atom stereocenters. The summed E-state index contributed by atoms with van der Waals surface area (Å²) in [5.74, 6) is 0. The fourth-order valence-electron chi connectivity index (χ4n) is 2.22. The van der Waals surface area contributed by atoms with Crippen LogP contribution in [-0.4, -0.2) is 23.4 Å². The summed E-state index contributed by atoms with van der Waals surface area (Å²) in [4.78, 5) is 11.9. The van der Waals surface area contributed by atoms with Gasteiger partial charge in [-0.15, -0.1) is 0 Å². The van der Waals surface area contributed by atoms with Crippen molar-refractivity contribution in [2.24, 2.45) is 5.41 Å². The third-order valence-corrected chi connectivity index (χ3v) is 3.80. The molecule has 116 valence electrons. The number of halogens is 1. The van der Waals surface area contributed by atoms with Crippen LogP contribution >= 0.6 is 11.6 Å². The fourth-order valence-corrected chi connectivity index (χ4v) is 2.41. The zero-order valence-corrected chi connectivity index (χ0v) is 13.5. The van der Waals surface area contributed by atoms with Gasteiger partial charge in [0.2, 0.25) is 0 Å². The first-order valence-electron chi connectivity index (χ1n) is 7.12. The van der Waals surface area contributed by atoms with Gasteiger partial charge in [0.15, 0.2) is 0 Å². The summed E-state index contributed by atoms with van der Waals surface area (Å²) in [7, 11) is 0. The first-order chi connectivity index (χ1) is 9.73. The van der Waals surface area contributed by atoms with Crippen molar-refractivity contribution in [3.63, 3.8) is 0 Å². The summed E-state index contributed by atoms with van der Waals surface area (Å²) in [6.07, 6.45) is 2.22. The van der Waals surface area contributed by atoms with Crippen LogP contribution in [0.1, 0.15) is 39.2 Å². The molecule has 1 fully saturated rings. The topological polar surface area (TPSA) is 58.6 Å². The van der Waals surface area contributed by atoms with E-state index in [9.17, 15) is 9.90 Å². The van der Waals surface area contributed by atoms with E-state index in [0.717, 1.165) is 18.4 Å². The van der Waals surface area contributed by atoms with Crippen molar-refractivity contribution < 1.29 is 14.6 Å². The Morgan fingerprint density at radius 2 is 2.10 bits per heavy atom. The molecule has 0 bridgehead atoms. The molecule has 0 aromatic heterocycles. The van der Waals surface area contributed by atoms with Gasteiger partial charge < -0.3 is 9.84 Å². The smallest absolute Gasteiger partial charge is 0.412 e. The highest BCUT2D eigenvalue weighted by molar-refractivity contribution is 6.30. The first-order valence-corrected chi connectivity index (χ1v) is 7.50. The van der Waals surface area contributed by atoms with E-state index < -0.39 is 11.7 Å². The second-order valence-electron chi connectivity index (χ2n) is 6.76. The van der Waals surface area contributed by atoms with Gasteiger partial charge in [-0.2, -0.15) is 0 Å². The summed E-state index contributed by atoms with van der Waals surface area (Å²) < 4.78 is 5.27. The minimum absolute atomic E-state index is 0.0466.